The highest BCUT2D eigenvalue weighted by molar-refractivity contribution is 5.94. The summed E-state index contributed by atoms with van der Waals surface area (Å²) in [7, 11) is 0. The molecule has 0 aliphatic heterocycles. The predicted octanol–water partition coefficient (Wildman–Crippen LogP) is 2.35. The molecule has 0 saturated carbocycles. The summed E-state index contributed by atoms with van der Waals surface area (Å²) < 4.78 is 0. The average molecular weight is 237 g/mol. The third kappa shape index (κ3) is 1.93. The second kappa shape index (κ2) is 4.29. The van der Waals surface area contributed by atoms with E-state index >= 15 is 0 Å². The van der Waals surface area contributed by atoms with Gasteiger partial charge in [-0.05, 0) is 17.5 Å². The van der Waals surface area contributed by atoms with E-state index in [4.69, 9.17) is 5.73 Å². The molecule has 0 atom stereocenters. The molecular weight excluding hydrogens is 226 g/mol. The fourth-order valence-corrected chi connectivity index (χ4v) is 1.80. The zero-order chi connectivity index (χ0) is 12.4. The Kier molecular flexibility index (Phi) is 2.49. The molecule has 2 heterocycles. The monoisotopic (exact) mass is 237 g/mol. The van der Waals surface area contributed by atoms with Crippen LogP contribution in [0.4, 0.5) is 17.3 Å². The lowest BCUT2D eigenvalue weighted by molar-refractivity contribution is 1.21. The Balaban J connectivity index is 2.05. The van der Waals surface area contributed by atoms with Gasteiger partial charge in [-0.3, -0.25) is 9.97 Å². The Labute approximate surface area is 104 Å². The number of rotatable bonds is 2. The minimum absolute atomic E-state index is 0.387. The molecule has 88 valence electrons. The Morgan fingerprint density at radius 1 is 1.00 bits per heavy atom. The molecule has 0 unspecified atom stereocenters. The van der Waals surface area contributed by atoms with Crippen LogP contribution in [0.5, 0.6) is 0 Å². The van der Waals surface area contributed by atoms with Crippen molar-refractivity contribution in [2.75, 3.05) is 11.1 Å². The minimum Gasteiger partial charge on any atom is -0.382 e. The van der Waals surface area contributed by atoms with Crippen molar-refractivity contribution >= 4 is 28.1 Å². The van der Waals surface area contributed by atoms with Crippen LogP contribution in [-0.2, 0) is 0 Å². The highest BCUT2D eigenvalue weighted by Crippen LogP contribution is 2.24. The molecule has 0 radical (unpaired) electrons. The summed E-state index contributed by atoms with van der Waals surface area (Å²) in [4.78, 5) is 12.3. The van der Waals surface area contributed by atoms with Crippen molar-refractivity contribution in [1.29, 1.82) is 0 Å². The minimum atomic E-state index is 0.387. The van der Waals surface area contributed by atoms with E-state index in [1.165, 1.54) is 6.20 Å². The highest BCUT2D eigenvalue weighted by atomic mass is 15.0. The van der Waals surface area contributed by atoms with Crippen molar-refractivity contribution in [2.45, 2.75) is 0 Å². The van der Waals surface area contributed by atoms with Gasteiger partial charge >= 0.3 is 0 Å². The maximum absolute atomic E-state index is 5.60. The van der Waals surface area contributed by atoms with Gasteiger partial charge in [0.2, 0.25) is 0 Å². The normalized spacial score (nSPS) is 10.4. The van der Waals surface area contributed by atoms with Gasteiger partial charge in [-0.15, -0.1) is 0 Å². The number of anilines is 3. The number of nitrogens with one attached hydrogen (secondary N) is 1. The summed E-state index contributed by atoms with van der Waals surface area (Å²) in [6.45, 7) is 0. The van der Waals surface area contributed by atoms with Crippen LogP contribution in [0, 0.1) is 0 Å². The maximum Gasteiger partial charge on any atom is 0.151 e. The third-order valence-corrected chi connectivity index (χ3v) is 2.60. The number of aromatic nitrogens is 3. The number of pyridine rings is 1. The number of hydrogen-bond donors (Lipinski definition) is 2. The SMILES string of the molecule is Nc1cncc(Nc2cccc3ccncc23)n1. The first-order valence-corrected chi connectivity index (χ1v) is 5.50. The fourth-order valence-electron chi connectivity index (χ4n) is 1.80. The molecule has 0 fully saturated rings. The largest absolute Gasteiger partial charge is 0.382 e. The van der Waals surface area contributed by atoms with Crippen molar-refractivity contribution in [2.24, 2.45) is 0 Å². The maximum atomic E-state index is 5.60. The average Bonchev–Trinajstić information content (AvgIpc) is 2.39. The molecule has 5 heteroatoms. The standard InChI is InChI=1S/C13H11N5/c14-12-7-16-8-13(18-12)17-11-3-1-2-9-4-5-15-6-10(9)11/h1-8H,(H3,14,17,18). The summed E-state index contributed by atoms with van der Waals surface area (Å²) >= 11 is 0. The molecule has 0 aliphatic rings. The van der Waals surface area contributed by atoms with Gasteiger partial charge in [-0.2, -0.15) is 0 Å². The number of hydrogen-bond acceptors (Lipinski definition) is 5. The van der Waals surface area contributed by atoms with Crippen LogP contribution in [0.2, 0.25) is 0 Å². The third-order valence-electron chi connectivity index (χ3n) is 2.60. The van der Waals surface area contributed by atoms with Crippen molar-refractivity contribution in [3.8, 4) is 0 Å². The van der Waals surface area contributed by atoms with Crippen LogP contribution in [0.15, 0.2) is 49.1 Å². The van der Waals surface area contributed by atoms with E-state index in [0.29, 0.717) is 11.6 Å². The molecule has 1 aromatic carbocycles. The highest BCUT2D eigenvalue weighted by Gasteiger charge is 2.02. The van der Waals surface area contributed by atoms with Crippen molar-refractivity contribution in [3.63, 3.8) is 0 Å². The number of benzene rings is 1. The number of fused-ring (bicyclic) bond motifs is 1. The first-order valence-electron chi connectivity index (χ1n) is 5.50. The lowest BCUT2D eigenvalue weighted by Crippen LogP contribution is -1.98. The fraction of sp³-hybridized carbons (Fsp3) is 0. The van der Waals surface area contributed by atoms with Crippen molar-refractivity contribution < 1.29 is 0 Å². The second-order valence-corrected chi connectivity index (χ2v) is 3.86. The molecule has 0 saturated heterocycles. The van der Waals surface area contributed by atoms with E-state index in [1.807, 2.05) is 30.5 Å². The zero-order valence-corrected chi connectivity index (χ0v) is 9.54. The van der Waals surface area contributed by atoms with Crippen LogP contribution in [0.25, 0.3) is 10.8 Å². The predicted molar refractivity (Wildman–Crippen MR) is 71.5 cm³/mol. The Morgan fingerprint density at radius 2 is 1.94 bits per heavy atom. The van der Waals surface area contributed by atoms with Crippen LogP contribution < -0.4 is 11.1 Å². The molecule has 0 aliphatic carbocycles. The van der Waals surface area contributed by atoms with Gasteiger partial charge in [-0.1, -0.05) is 12.1 Å². The van der Waals surface area contributed by atoms with Gasteiger partial charge in [0.15, 0.2) is 5.82 Å². The molecule has 5 nitrogen and oxygen atoms in total. The van der Waals surface area contributed by atoms with Gasteiger partial charge in [0.05, 0.1) is 12.4 Å². The van der Waals surface area contributed by atoms with E-state index < -0.39 is 0 Å². The smallest absolute Gasteiger partial charge is 0.151 e. The van der Waals surface area contributed by atoms with Gasteiger partial charge < -0.3 is 11.1 Å². The van der Waals surface area contributed by atoms with E-state index in [-0.39, 0.29) is 0 Å². The van der Waals surface area contributed by atoms with Crippen LogP contribution in [0.3, 0.4) is 0 Å². The molecule has 0 amide bonds. The van der Waals surface area contributed by atoms with E-state index in [1.54, 1.807) is 12.4 Å². The summed E-state index contributed by atoms with van der Waals surface area (Å²) in [5.74, 6) is 1.00. The Hall–Kier alpha value is -2.69. The molecule has 3 N–H and O–H groups in total. The van der Waals surface area contributed by atoms with E-state index in [9.17, 15) is 0 Å². The Morgan fingerprint density at radius 3 is 2.83 bits per heavy atom. The number of nitrogen functional groups attached to an aromatic ring is 1. The summed E-state index contributed by atoms with van der Waals surface area (Å²) in [5.41, 5.74) is 6.53. The zero-order valence-electron chi connectivity index (χ0n) is 9.54. The lowest BCUT2D eigenvalue weighted by Gasteiger charge is -2.08. The summed E-state index contributed by atoms with van der Waals surface area (Å²) in [6, 6.07) is 7.94. The molecule has 0 spiro atoms. The Bertz CT molecular complexity index is 690. The number of nitrogens with zero attached hydrogens (tertiary/aromatic N) is 3. The quantitative estimate of drug-likeness (QED) is 0.715. The first-order chi connectivity index (χ1) is 8.83. The summed E-state index contributed by atoms with van der Waals surface area (Å²) in [5, 5.41) is 5.34. The first kappa shape index (κ1) is 10.5. The molecule has 3 aromatic rings. The van der Waals surface area contributed by atoms with E-state index in [0.717, 1.165) is 16.5 Å². The second-order valence-electron chi connectivity index (χ2n) is 3.86. The number of nitrogens with two attached hydrogens (primary N) is 1. The van der Waals surface area contributed by atoms with Crippen LogP contribution in [-0.4, -0.2) is 15.0 Å². The van der Waals surface area contributed by atoms with Crippen molar-refractivity contribution in [3.05, 3.63) is 49.1 Å². The lowest BCUT2D eigenvalue weighted by atomic mass is 10.1. The van der Waals surface area contributed by atoms with E-state index in [2.05, 4.69) is 20.3 Å². The molecule has 2 aromatic heterocycles. The van der Waals surface area contributed by atoms with Gasteiger partial charge in [-0.25, -0.2) is 4.98 Å². The van der Waals surface area contributed by atoms with Crippen molar-refractivity contribution in [1.82, 2.24) is 15.0 Å². The van der Waals surface area contributed by atoms with Crippen LogP contribution in [0.1, 0.15) is 0 Å². The summed E-state index contributed by atoms with van der Waals surface area (Å²) in [6.07, 6.45) is 6.73. The van der Waals surface area contributed by atoms with Gasteiger partial charge in [0.25, 0.3) is 0 Å². The van der Waals surface area contributed by atoms with Gasteiger partial charge in [0, 0.05) is 23.5 Å². The van der Waals surface area contributed by atoms with Gasteiger partial charge in [0.1, 0.15) is 5.82 Å². The molecular formula is C13H11N5. The van der Waals surface area contributed by atoms with Crippen LogP contribution >= 0.6 is 0 Å². The molecule has 3 rings (SSSR count). The molecule has 0 bridgehead atoms. The molecule has 18 heavy (non-hydrogen) atoms. The topological polar surface area (TPSA) is 76.7 Å².